The molecule has 1 aliphatic carbocycles. The molecular weight excluding hydrogens is 525 g/mol. The standard InChI is InChI=1S/C32H42FN3O5/c33-27-11-12-29-26(20-27)13-14-36(29)21-28(23-40-22-25-9-5-2-6-10-25)34-32(38)41-30(19-24-7-3-1-4-8-24)31(37)35-15-17-39-18-16-35/h2,5-6,9-12,20,24,28,30H,1,3-4,7-8,13-19,21-23H2,(H,34,38)/t28-,30-/m0/s1. The Morgan fingerprint density at radius 2 is 1.80 bits per heavy atom. The summed E-state index contributed by atoms with van der Waals surface area (Å²) in [5, 5.41) is 3.00. The first-order valence-electron chi connectivity index (χ1n) is 15.0. The molecular formula is C32H42FN3O5. The number of carbonyl (C=O) groups excluding carboxylic acids is 2. The Bertz CT molecular complexity index is 1140. The molecule has 1 N–H and O–H groups in total. The van der Waals surface area contributed by atoms with Crippen LogP contribution in [0.3, 0.4) is 0 Å². The second kappa shape index (κ2) is 14.6. The first-order valence-corrected chi connectivity index (χ1v) is 15.0. The van der Waals surface area contributed by atoms with Crippen LogP contribution in [-0.2, 0) is 32.0 Å². The molecule has 0 bridgehead atoms. The Hall–Kier alpha value is -3.17. The molecule has 3 aliphatic rings. The van der Waals surface area contributed by atoms with Crippen molar-refractivity contribution in [1.29, 1.82) is 0 Å². The lowest BCUT2D eigenvalue weighted by Crippen LogP contribution is -2.50. The topological polar surface area (TPSA) is 80.3 Å². The summed E-state index contributed by atoms with van der Waals surface area (Å²) in [6.07, 6.45) is 5.49. The number of anilines is 1. The van der Waals surface area contributed by atoms with E-state index in [-0.39, 0.29) is 18.3 Å². The van der Waals surface area contributed by atoms with Crippen molar-refractivity contribution in [2.75, 3.05) is 50.9 Å². The van der Waals surface area contributed by atoms with E-state index in [1.807, 2.05) is 30.3 Å². The SMILES string of the molecule is O=C(N[C@H](COCc1ccccc1)CN1CCc2cc(F)ccc21)O[C@@H](CC1CCCCC1)C(=O)N1CCOCC1. The summed E-state index contributed by atoms with van der Waals surface area (Å²) in [5.74, 6) is -0.0107. The molecule has 2 aromatic rings. The van der Waals surface area contributed by atoms with Gasteiger partial charge < -0.3 is 29.3 Å². The minimum atomic E-state index is -0.822. The molecule has 9 heteroatoms. The lowest BCUT2D eigenvalue weighted by molar-refractivity contribution is -0.145. The number of hydrogen-bond donors (Lipinski definition) is 1. The third-order valence-electron chi connectivity index (χ3n) is 8.35. The van der Waals surface area contributed by atoms with Gasteiger partial charge in [-0.25, -0.2) is 9.18 Å². The van der Waals surface area contributed by atoms with Gasteiger partial charge in [0, 0.05) is 31.9 Å². The summed E-state index contributed by atoms with van der Waals surface area (Å²) >= 11 is 0. The van der Waals surface area contributed by atoms with Crippen molar-refractivity contribution in [2.45, 2.75) is 63.7 Å². The second-order valence-corrected chi connectivity index (χ2v) is 11.4. The molecule has 2 amide bonds. The fourth-order valence-electron chi connectivity index (χ4n) is 6.17. The van der Waals surface area contributed by atoms with Gasteiger partial charge in [-0.05, 0) is 48.1 Å². The van der Waals surface area contributed by atoms with Gasteiger partial charge in [0.15, 0.2) is 6.10 Å². The maximum Gasteiger partial charge on any atom is 0.408 e. The summed E-state index contributed by atoms with van der Waals surface area (Å²) in [5.41, 5.74) is 2.96. The molecule has 0 aromatic heterocycles. The molecule has 2 aromatic carbocycles. The molecule has 8 nitrogen and oxygen atoms in total. The summed E-state index contributed by atoms with van der Waals surface area (Å²) in [4.78, 5) is 30.7. The van der Waals surface area contributed by atoms with E-state index in [9.17, 15) is 14.0 Å². The predicted octanol–water partition coefficient (Wildman–Crippen LogP) is 4.70. The van der Waals surface area contributed by atoms with E-state index in [1.165, 1.54) is 12.5 Å². The molecule has 2 heterocycles. The number of carbonyl (C=O) groups is 2. The number of halogens is 1. The van der Waals surface area contributed by atoms with E-state index in [0.717, 1.165) is 55.5 Å². The Labute approximate surface area is 242 Å². The van der Waals surface area contributed by atoms with Crippen molar-refractivity contribution in [1.82, 2.24) is 10.2 Å². The molecule has 2 atom stereocenters. The van der Waals surface area contributed by atoms with E-state index < -0.39 is 18.2 Å². The van der Waals surface area contributed by atoms with Gasteiger partial charge in [0.05, 0.1) is 32.5 Å². The highest BCUT2D eigenvalue weighted by Crippen LogP contribution is 2.30. The molecule has 1 saturated heterocycles. The van der Waals surface area contributed by atoms with Gasteiger partial charge in [-0.2, -0.15) is 0 Å². The van der Waals surface area contributed by atoms with Crippen LogP contribution in [0, 0.1) is 11.7 Å². The van der Waals surface area contributed by atoms with Crippen LogP contribution >= 0.6 is 0 Å². The Morgan fingerprint density at radius 1 is 1.02 bits per heavy atom. The smallest absolute Gasteiger partial charge is 0.408 e. The van der Waals surface area contributed by atoms with Crippen LogP contribution < -0.4 is 10.2 Å². The molecule has 1 saturated carbocycles. The summed E-state index contributed by atoms with van der Waals surface area (Å²) in [6.45, 7) is 3.90. The number of benzene rings is 2. The van der Waals surface area contributed by atoms with Crippen LogP contribution in [0.5, 0.6) is 0 Å². The molecule has 2 fully saturated rings. The van der Waals surface area contributed by atoms with E-state index in [4.69, 9.17) is 14.2 Å². The molecule has 41 heavy (non-hydrogen) atoms. The fraction of sp³-hybridized carbons (Fsp3) is 0.562. The van der Waals surface area contributed by atoms with Crippen LogP contribution in [-0.4, -0.2) is 75.0 Å². The van der Waals surface area contributed by atoms with Gasteiger partial charge in [0.2, 0.25) is 0 Å². The third-order valence-corrected chi connectivity index (χ3v) is 8.35. The Kier molecular flexibility index (Phi) is 10.5. The van der Waals surface area contributed by atoms with Crippen molar-refractivity contribution < 1.29 is 28.2 Å². The summed E-state index contributed by atoms with van der Waals surface area (Å²) in [6, 6.07) is 14.3. The highest BCUT2D eigenvalue weighted by molar-refractivity contribution is 5.83. The lowest BCUT2D eigenvalue weighted by atomic mass is 9.85. The maximum absolute atomic E-state index is 13.8. The van der Waals surface area contributed by atoms with Crippen LogP contribution in [0.4, 0.5) is 14.9 Å². The highest BCUT2D eigenvalue weighted by atomic mass is 19.1. The number of alkyl carbamates (subject to hydrolysis) is 1. The normalized spacial score (nSPS) is 19.0. The maximum atomic E-state index is 13.8. The Balaban J connectivity index is 1.25. The van der Waals surface area contributed by atoms with Crippen LogP contribution in [0.1, 0.15) is 49.7 Å². The van der Waals surface area contributed by atoms with Crippen LogP contribution in [0.25, 0.3) is 0 Å². The number of morpholine rings is 1. The van der Waals surface area contributed by atoms with E-state index in [2.05, 4.69) is 10.2 Å². The number of rotatable bonds is 11. The predicted molar refractivity (Wildman–Crippen MR) is 154 cm³/mol. The molecule has 2 aliphatic heterocycles. The van der Waals surface area contributed by atoms with Gasteiger partial charge in [-0.3, -0.25) is 4.79 Å². The van der Waals surface area contributed by atoms with Gasteiger partial charge in [0.25, 0.3) is 5.91 Å². The second-order valence-electron chi connectivity index (χ2n) is 11.4. The zero-order valence-corrected chi connectivity index (χ0v) is 23.8. The van der Waals surface area contributed by atoms with Crippen LogP contribution in [0.2, 0.25) is 0 Å². The number of nitrogens with zero attached hydrogens (tertiary/aromatic N) is 2. The Morgan fingerprint density at radius 3 is 2.59 bits per heavy atom. The summed E-state index contributed by atoms with van der Waals surface area (Å²) < 4.78 is 31.1. The molecule has 0 unspecified atom stereocenters. The van der Waals surface area contributed by atoms with Crippen molar-refractivity contribution in [2.24, 2.45) is 5.92 Å². The quantitative estimate of drug-likeness (QED) is 0.424. The molecule has 5 rings (SSSR count). The number of amides is 2. The van der Waals surface area contributed by atoms with Crippen LogP contribution in [0.15, 0.2) is 48.5 Å². The van der Waals surface area contributed by atoms with Gasteiger partial charge >= 0.3 is 6.09 Å². The zero-order valence-electron chi connectivity index (χ0n) is 23.8. The lowest BCUT2D eigenvalue weighted by Gasteiger charge is -2.33. The fourth-order valence-corrected chi connectivity index (χ4v) is 6.17. The zero-order chi connectivity index (χ0) is 28.4. The largest absolute Gasteiger partial charge is 0.436 e. The van der Waals surface area contributed by atoms with Crippen molar-refractivity contribution in [3.63, 3.8) is 0 Å². The van der Waals surface area contributed by atoms with Gasteiger partial charge in [0.1, 0.15) is 5.82 Å². The van der Waals surface area contributed by atoms with Crippen molar-refractivity contribution in [3.05, 3.63) is 65.5 Å². The number of ether oxygens (including phenoxy) is 3. The van der Waals surface area contributed by atoms with Gasteiger partial charge in [-0.15, -0.1) is 0 Å². The van der Waals surface area contributed by atoms with Crippen molar-refractivity contribution >= 4 is 17.7 Å². The summed E-state index contributed by atoms with van der Waals surface area (Å²) in [7, 11) is 0. The average molecular weight is 568 g/mol. The van der Waals surface area contributed by atoms with Crippen molar-refractivity contribution in [3.8, 4) is 0 Å². The third kappa shape index (κ3) is 8.42. The first kappa shape index (κ1) is 29.3. The molecule has 0 radical (unpaired) electrons. The average Bonchev–Trinajstić information content (AvgIpc) is 3.39. The highest BCUT2D eigenvalue weighted by Gasteiger charge is 2.33. The van der Waals surface area contributed by atoms with Gasteiger partial charge in [-0.1, -0.05) is 62.4 Å². The van der Waals surface area contributed by atoms with E-state index in [1.54, 1.807) is 17.0 Å². The molecule has 0 spiro atoms. The monoisotopic (exact) mass is 567 g/mol. The minimum Gasteiger partial charge on any atom is -0.436 e. The number of hydrogen-bond acceptors (Lipinski definition) is 6. The number of fused-ring (bicyclic) bond motifs is 1. The van der Waals surface area contributed by atoms with E-state index >= 15 is 0 Å². The first-order chi connectivity index (χ1) is 20.0. The minimum absolute atomic E-state index is 0.138. The molecule has 222 valence electrons. The number of nitrogens with one attached hydrogen (secondary N) is 1. The van der Waals surface area contributed by atoms with E-state index in [0.29, 0.717) is 51.8 Å².